The minimum atomic E-state index is -1.37. The summed E-state index contributed by atoms with van der Waals surface area (Å²) >= 11 is 0. The quantitative estimate of drug-likeness (QED) is 0.0950. The summed E-state index contributed by atoms with van der Waals surface area (Å²) in [5.41, 5.74) is -1.21. The highest BCUT2D eigenvalue weighted by atomic mass is 16.6. The molecular weight excluding hydrogens is 981 g/mol. The van der Waals surface area contributed by atoms with Gasteiger partial charge in [0.15, 0.2) is 22.4 Å². The lowest BCUT2D eigenvalue weighted by molar-refractivity contribution is -0.188. The largest absolute Gasteiger partial charge is 0.496 e. The van der Waals surface area contributed by atoms with Crippen LogP contribution in [0.1, 0.15) is 78.0 Å². The third-order valence-electron chi connectivity index (χ3n) is 26.0. The second-order valence-corrected chi connectivity index (χ2v) is 26.3. The summed E-state index contributed by atoms with van der Waals surface area (Å²) in [6, 6.07) is 16.4. The van der Waals surface area contributed by atoms with E-state index < -0.39 is 22.4 Å². The van der Waals surface area contributed by atoms with Crippen LogP contribution in [0.3, 0.4) is 0 Å². The molecule has 77 heavy (non-hydrogen) atoms. The van der Waals surface area contributed by atoms with E-state index >= 15 is 19.2 Å². The number of hydrogen-bond donors (Lipinski definition) is 0. The summed E-state index contributed by atoms with van der Waals surface area (Å²) in [5.74, 6) is 1.20. The molecule has 400 valence electrons. The number of carbonyl (C=O) groups is 4. The maximum Gasteiger partial charge on any atom is 0.338 e. The van der Waals surface area contributed by atoms with Crippen molar-refractivity contribution < 1.29 is 66.5 Å². The van der Waals surface area contributed by atoms with Gasteiger partial charge in [0.2, 0.25) is 0 Å². The molecule has 2 unspecified atom stereocenters. The maximum atomic E-state index is 15.4. The van der Waals surface area contributed by atoms with Crippen molar-refractivity contribution in [1.29, 1.82) is 0 Å². The van der Waals surface area contributed by atoms with Gasteiger partial charge >= 0.3 is 23.9 Å². The first-order chi connectivity index (χ1) is 37.5. The normalized spacial score (nSPS) is 48.8. The molecule has 0 spiro atoms. The van der Waals surface area contributed by atoms with Crippen molar-refractivity contribution in [1.82, 2.24) is 0 Å². The molecule has 0 N–H and O–H groups in total. The van der Waals surface area contributed by atoms with E-state index in [1.807, 2.05) is 24.3 Å². The van der Waals surface area contributed by atoms with Crippen LogP contribution in [0.4, 0.5) is 0 Å². The van der Waals surface area contributed by atoms with Crippen molar-refractivity contribution in [2.75, 3.05) is 56.9 Å². The van der Waals surface area contributed by atoms with Gasteiger partial charge in [0.1, 0.15) is 23.0 Å². The number of hydrogen-bond acceptors (Lipinski definition) is 14. The van der Waals surface area contributed by atoms with E-state index in [1.54, 1.807) is 28.4 Å². The zero-order chi connectivity index (χ0) is 52.2. The Morgan fingerprint density at radius 1 is 0.351 bits per heavy atom. The van der Waals surface area contributed by atoms with Gasteiger partial charge in [-0.1, -0.05) is 48.5 Å². The summed E-state index contributed by atoms with van der Waals surface area (Å²) in [7, 11) is 12.8. The fourth-order valence-corrected chi connectivity index (χ4v) is 25.9. The van der Waals surface area contributed by atoms with E-state index in [9.17, 15) is 0 Å². The van der Waals surface area contributed by atoms with E-state index in [0.29, 0.717) is 35.5 Å². The van der Waals surface area contributed by atoms with Gasteiger partial charge in [-0.25, -0.2) is 19.2 Å². The lowest BCUT2D eigenvalue weighted by Crippen LogP contribution is -2.64. The smallest absolute Gasteiger partial charge is 0.338 e. The zero-order valence-corrected chi connectivity index (χ0v) is 44.6. The molecular formula is C63H64O14. The van der Waals surface area contributed by atoms with E-state index in [1.165, 1.54) is 28.4 Å². The minimum Gasteiger partial charge on any atom is -0.496 e. The van der Waals surface area contributed by atoms with Gasteiger partial charge in [-0.3, -0.25) is 0 Å². The molecule has 14 nitrogen and oxygen atoms in total. The molecule has 18 rings (SSSR count). The standard InChI is InChI=1S/C63H64O14/c1-68-52-22-13-9-10-14-23(22)53(69-2)41-33-20-32(40(41)52)48-49(33)61(57(65)73-6)45-29-18-28(44(45)60(48,76-61)56(64)72-5)36-26-17-27(37(29)36)39-31-19-30(38(26)39)46-47(31)63(59(67)75-8)51-35-21-34(50(51)62(46,77-63)58(66)74-7)42-43(35)55(71-4)25-16-12-11-15-24(25)54(42)70-3/h9-16,26-39,44-51H,17-21H2,1-8H3/t26?,27?,28-,29+,30+,31-,32+,33-,34-,35+,36-,37+,38+,39-,44-,45+,46+,47-,48+,49-,50-,51+,60-,61+,62+,63-. The molecule has 14 bridgehead atoms. The topological polar surface area (TPSA) is 161 Å². The summed E-state index contributed by atoms with van der Waals surface area (Å²) in [6.07, 6.45) is 4.39. The summed E-state index contributed by atoms with van der Waals surface area (Å²) in [5, 5.41) is 3.84. The highest BCUT2D eigenvalue weighted by molar-refractivity contribution is 6.00. The number of fused-ring (bicyclic) bond motifs is 52. The molecule has 14 heteroatoms. The molecule has 4 saturated heterocycles. The second-order valence-electron chi connectivity index (χ2n) is 26.3. The molecule has 4 heterocycles. The number of benzene rings is 4. The third-order valence-corrected chi connectivity index (χ3v) is 26.0. The number of carbonyl (C=O) groups excluding carboxylic acids is 4. The first kappa shape index (κ1) is 45.3. The first-order valence-corrected chi connectivity index (χ1v) is 28.6. The lowest BCUT2D eigenvalue weighted by Gasteiger charge is -2.57. The molecule has 10 aliphatic carbocycles. The Balaban J connectivity index is 0.778. The molecule has 12 fully saturated rings. The Hall–Kier alpha value is -5.60. The Kier molecular flexibility index (Phi) is 8.26. The van der Waals surface area contributed by atoms with Crippen LogP contribution in [-0.2, 0) is 47.6 Å². The van der Waals surface area contributed by atoms with E-state index in [2.05, 4.69) is 24.3 Å². The van der Waals surface area contributed by atoms with Crippen LogP contribution in [-0.4, -0.2) is 103 Å². The van der Waals surface area contributed by atoms with Crippen molar-refractivity contribution in [3.8, 4) is 23.0 Å². The Labute approximate surface area is 445 Å². The molecule has 4 aromatic rings. The van der Waals surface area contributed by atoms with E-state index in [-0.39, 0.29) is 119 Å². The number of rotatable bonds is 8. The Morgan fingerprint density at radius 3 is 0.805 bits per heavy atom. The van der Waals surface area contributed by atoms with Crippen LogP contribution in [0.2, 0.25) is 0 Å². The Bertz CT molecular complexity index is 3030. The fraction of sp³-hybridized carbons (Fsp3) is 0.619. The van der Waals surface area contributed by atoms with Gasteiger partial charge in [0.25, 0.3) is 0 Å². The van der Waals surface area contributed by atoms with Gasteiger partial charge in [0, 0.05) is 91.1 Å². The Morgan fingerprint density at radius 2 is 0.584 bits per heavy atom. The van der Waals surface area contributed by atoms with Gasteiger partial charge in [-0.15, -0.1) is 0 Å². The average molecular weight is 1050 g/mol. The summed E-state index contributed by atoms with van der Waals surface area (Å²) in [4.78, 5) is 61.4. The van der Waals surface area contributed by atoms with E-state index in [0.717, 1.165) is 98.9 Å². The minimum absolute atomic E-state index is 0.120. The van der Waals surface area contributed by atoms with Gasteiger partial charge in [-0.05, 0) is 115 Å². The summed E-state index contributed by atoms with van der Waals surface area (Å²) < 4.78 is 64.7. The predicted molar refractivity (Wildman–Crippen MR) is 272 cm³/mol. The molecule has 0 aromatic heterocycles. The SMILES string of the molecule is COC(=O)[C@@]12O[C@@](C(=O)OC)([C@H]3[C@H]4C[C@H]([C@H]5C6CC([C@@H]7[C@H]8C[C@@H]([C@H]67)[C@H]6[C@@H]8[C@@]7(C(=O)OC)O[C@]6(C(=O)OC)[C@H]6[C@@H]7[C@H]7C[C@@H]6c6c7c(OC)c7ccccc7c6OC)[C@@H]45)[C@H]31)[C@H]1[C@@H]2[C@H]2C[C@@H]1c1c2c(OC)c2ccccc2c1OC. The van der Waals surface area contributed by atoms with Crippen molar-refractivity contribution in [3.05, 3.63) is 70.8 Å². The van der Waals surface area contributed by atoms with Gasteiger partial charge in [-0.2, -0.15) is 0 Å². The molecule has 4 aromatic carbocycles. The highest BCUT2D eigenvalue weighted by Gasteiger charge is 2.95. The van der Waals surface area contributed by atoms with Crippen molar-refractivity contribution in [2.24, 2.45) is 107 Å². The van der Waals surface area contributed by atoms with Crippen molar-refractivity contribution >= 4 is 45.4 Å². The molecule has 8 saturated carbocycles. The van der Waals surface area contributed by atoms with Gasteiger partial charge in [0.05, 0.1) is 56.9 Å². The molecule has 0 amide bonds. The van der Waals surface area contributed by atoms with E-state index in [4.69, 9.17) is 47.4 Å². The molecule has 14 aliphatic rings. The monoisotopic (exact) mass is 1040 g/mol. The summed E-state index contributed by atoms with van der Waals surface area (Å²) in [6.45, 7) is 0. The maximum absolute atomic E-state index is 15.4. The van der Waals surface area contributed by atoms with Crippen LogP contribution in [0.15, 0.2) is 48.5 Å². The van der Waals surface area contributed by atoms with Crippen LogP contribution in [0, 0.1) is 107 Å². The van der Waals surface area contributed by atoms with Crippen LogP contribution in [0.5, 0.6) is 23.0 Å². The molecule has 4 aliphatic heterocycles. The zero-order valence-electron chi connectivity index (χ0n) is 44.6. The third kappa shape index (κ3) is 4.19. The van der Waals surface area contributed by atoms with Gasteiger partial charge < -0.3 is 47.4 Å². The second kappa shape index (κ2) is 14.0. The number of ether oxygens (including phenoxy) is 10. The predicted octanol–water partition coefficient (Wildman–Crippen LogP) is 7.97. The van der Waals surface area contributed by atoms with Crippen molar-refractivity contribution in [3.63, 3.8) is 0 Å². The fourth-order valence-electron chi connectivity index (χ4n) is 25.9. The number of methoxy groups -OCH3 is 8. The van der Waals surface area contributed by atoms with Crippen LogP contribution in [0.25, 0.3) is 21.5 Å². The first-order valence-electron chi connectivity index (χ1n) is 28.6. The lowest BCUT2D eigenvalue weighted by atomic mass is 9.43. The van der Waals surface area contributed by atoms with Crippen LogP contribution >= 0.6 is 0 Å². The molecule has 26 atom stereocenters. The number of esters is 4. The van der Waals surface area contributed by atoms with Crippen molar-refractivity contribution in [2.45, 2.75) is 78.2 Å². The highest BCUT2D eigenvalue weighted by Crippen LogP contribution is 2.91. The van der Waals surface area contributed by atoms with Crippen LogP contribution < -0.4 is 18.9 Å². The average Bonchev–Trinajstić information content (AvgIpc) is 2.81. The molecule has 0 radical (unpaired) electrons.